The van der Waals surface area contributed by atoms with Crippen molar-refractivity contribution in [1.29, 1.82) is 0 Å². The summed E-state index contributed by atoms with van der Waals surface area (Å²) in [7, 11) is -3.98. The molecule has 0 bridgehead atoms. The normalized spacial score (nSPS) is 14.2. The Kier molecular flexibility index (Phi) is 7.99. The van der Waals surface area contributed by atoms with Crippen LogP contribution in [0.4, 0.5) is 21.3 Å². The van der Waals surface area contributed by atoms with Gasteiger partial charge in [-0.05, 0) is 64.3 Å². The predicted molar refractivity (Wildman–Crippen MR) is 146 cm³/mol. The van der Waals surface area contributed by atoms with Gasteiger partial charge in [-0.25, -0.2) is 22.9 Å². The summed E-state index contributed by atoms with van der Waals surface area (Å²) in [6, 6.07) is 9.62. The van der Waals surface area contributed by atoms with E-state index in [-0.39, 0.29) is 22.0 Å². The number of nitrogens with one attached hydrogen (secondary N) is 2. The lowest BCUT2D eigenvalue weighted by atomic mass is 10.1. The molecule has 1 amide bonds. The van der Waals surface area contributed by atoms with Gasteiger partial charge >= 0.3 is 6.09 Å². The van der Waals surface area contributed by atoms with E-state index in [0.29, 0.717) is 10.4 Å². The summed E-state index contributed by atoms with van der Waals surface area (Å²) in [5.41, 5.74) is -0.199. The molecule has 0 spiro atoms. The smallest absolute Gasteiger partial charge is 0.410 e. The summed E-state index contributed by atoms with van der Waals surface area (Å²) in [4.78, 5) is 30.2. The van der Waals surface area contributed by atoms with Gasteiger partial charge in [0, 0.05) is 48.2 Å². The van der Waals surface area contributed by atoms with E-state index in [9.17, 15) is 23.3 Å². The fourth-order valence-electron chi connectivity index (χ4n) is 3.99. The van der Waals surface area contributed by atoms with E-state index < -0.39 is 26.6 Å². The number of piperidine rings is 1. The molecule has 1 saturated heterocycles. The molecular weight excluding hydrogens is 530 g/mol. The van der Waals surface area contributed by atoms with Crippen LogP contribution in [-0.2, 0) is 10.0 Å². The van der Waals surface area contributed by atoms with Gasteiger partial charge < -0.3 is 9.64 Å². The average molecular weight is 560 g/mol. The number of rotatable bonds is 7. The number of nitro benzene ring substituents is 1. The maximum absolute atomic E-state index is 13.4. The Morgan fingerprint density at radius 1 is 1.11 bits per heavy atom. The molecule has 2 heterocycles. The lowest BCUT2D eigenvalue weighted by Gasteiger charge is -2.25. The van der Waals surface area contributed by atoms with Crippen LogP contribution < -0.4 is 19.7 Å². The minimum atomic E-state index is -3.98. The molecule has 1 aliphatic heterocycles. The lowest BCUT2D eigenvalue weighted by Crippen LogP contribution is -2.40. The number of carbonyl (C=O) groups is 1. The highest BCUT2D eigenvalue weighted by Crippen LogP contribution is 2.37. The number of amides is 1. The minimum Gasteiger partial charge on any atom is -0.410 e. The standard InChI is InChI=1S/C25H29N5O6S2/c1-25(2,3)28-38(34,35)22-15-17(27-24(31)36-19-10-8-18(9-11-19)30(32)33)7-12-20(22)21-16-26-23(37-21)29-13-5-4-6-14-29/h7-12,15-16,28H,4-6,13-14H2,1-3H3,(H,27,31). The Labute approximate surface area is 225 Å². The first kappa shape index (κ1) is 27.5. The van der Waals surface area contributed by atoms with Crippen molar-refractivity contribution in [2.45, 2.75) is 50.5 Å². The molecule has 202 valence electrons. The van der Waals surface area contributed by atoms with Crippen LogP contribution >= 0.6 is 11.3 Å². The minimum absolute atomic E-state index is 0.00518. The van der Waals surface area contributed by atoms with Gasteiger partial charge in [-0.2, -0.15) is 0 Å². The molecule has 0 radical (unpaired) electrons. The number of non-ortho nitro benzene ring substituents is 1. The van der Waals surface area contributed by atoms with Crippen LogP contribution in [0.5, 0.6) is 5.75 Å². The second kappa shape index (κ2) is 11.1. The number of carbonyl (C=O) groups excluding carboxylic acids is 1. The summed E-state index contributed by atoms with van der Waals surface area (Å²) in [5.74, 6) is 0.0990. The van der Waals surface area contributed by atoms with Crippen molar-refractivity contribution in [3.05, 3.63) is 58.8 Å². The van der Waals surface area contributed by atoms with Crippen LogP contribution in [0.2, 0.25) is 0 Å². The number of aromatic nitrogens is 1. The molecule has 2 N–H and O–H groups in total. The third-order valence-electron chi connectivity index (χ3n) is 5.60. The molecule has 11 nitrogen and oxygen atoms in total. The van der Waals surface area contributed by atoms with Crippen molar-refractivity contribution in [3.8, 4) is 16.2 Å². The van der Waals surface area contributed by atoms with Crippen molar-refractivity contribution in [2.75, 3.05) is 23.3 Å². The van der Waals surface area contributed by atoms with Gasteiger partial charge in [-0.1, -0.05) is 17.4 Å². The van der Waals surface area contributed by atoms with E-state index in [1.165, 1.54) is 48.1 Å². The first-order chi connectivity index (χ1) is 17.9. The second-order valence-corrected chi connectivity index (χ2v) is 12.5. The van der Waals surface area contributed by atoms with E-state index in [1.54, 1.807) is 39.1 Å². The number of nitrogens with zero attached hydrogens (tertiary/aromatic N) is 3. The molecule has 13 heteroatoms. The van der Waals surface area contributed by atoms with Gasteiger partial charge in [-0.15, -0.1) is 0 Å². The van der Waals surface area contributed by atoms with Crippen LogP contribution in [0, 0.1) is 10.1 Å². The molecule has 1 aromatic heterocycles. The van der Waals surface area contributed by atoms with E-state index in [4.69, 9.17) is 4.74 Å². The maximum atomic E-state index is 13.4. The molecule has 2 aromatic carbocycles. The predicted octanol–water partition coefficient (Wildman–Crippen LogP) is 5.40. The number of anilines is 2. The van der Waals surface area contributed by atoms with Crippen molar-refractivity contribution in [3.63, 3.8) is 0 Å². The van der Waals surface area contributed by atoms with Crippen LogP contribution in [0.15, 0.2) is 53.6 Å². The number of ether oxygens (including phenoxy) is 1. The lowest BCUT2D eigenvalue weighted by molar-refractivity contribution is -0.384. The third-order valence-corrected chi connectivity index (χ3v) is 8.49. The summed E-state index contributed by atoms with van der Waals surface area (Å²) in [6.07, 6.45) is 4.19. The van der Waals surface area contributed by atoms with Crippen molar-refractivity contribution >= 4 is 44.0 Å². The van der Waals surface area contributed by atoms with Gasteiger partial charge in [0.05, 0.1) is 14.7 Å². The Hall–Kier alpha value is -3.55. The number of benzene rings is 2. The van der Waals surface area contributed by atoms with Crippen LogP contribution in [-0.4, -0.2) is 43.0 Å². The third kappa shape index (κ3) is 6.85. The molecule has 1 aliphatic rings. The first-order valence-corrected chi connectivity index (χ1v) is 14.3. The number of sulfonamides is 1. The SMILES string of the molecule is CC(C)(C)NS(=O)(=O)c1cc(NC(=O)Oc2ccc([N+](=O)[O-])cc2)ccc1-c1cnc(N2CCCCC2)s1. The summed E-state index contributed by atoms with van der Waals surface area (Å²) < 4.78 is 34.7. The monoisotopic (exact) mass is 559 g/mol. The zero-order valence-electron chi connectivity index (χ0n) is 21.3. The van der Waals surface area contributed by atoms with Crippen molar-refractivity contribution < 1.29 is 22.9 Å². The van der Waals surface area contributed by atoms with Gasteiger partial charge in [-0.3, -0.25) is 15.4 Å². The highest BCUT2D eigenvalue weighted by molar-refractivity contribution is 7.89. The molecule has 0 saturated carbocycles. The number of nitro groups is 1. The van der Waals surface area contributed by atoms with Crippen molar-refractivity contribution in [2.24, 2.45) is 0 Å². The van der Waals surface area contributed by atoms with E-state index in [0.717, 1.165) is 31.1 Å². The number of hydrogen-bond acceptors (Lipinski definition) is 9. The molecule has 0 aliphatic carbocycles. The maximum Gasteiger partial charge on any atom is 0.417 e. The highest BCUT2D eigenvalue weighted by atomic mass is 32.2. The molecule has 4 rings (SSSR count). The highest BCUT2D eigenvalue weighted by Gasteiger charge is 2.27. The Morgan fingerprint density at radius 2 is 1.79 bits per heavy atom. The number of thiazole rings is 1. The molecular formula is C25H29N5O6S2. The zero-order chi connectivity index (χ0) is 27.5. The van der Waals surface area contributed by atoms with Crippen LogP contribution in [0.3, 0.4) is 0 Å². The number of hydrogen-bond donors (Lipinski definition) is 2. The van der Waals surface area contributed by atoms with Gasteiger partial charge in [0.25, 0.3) is 5.69 Å². The second-order valence-electron chi connectivity index (χ2n) is 9.89. The molecule has 3 aromatic rings. The summed E-state index contributed by atoms with van der Waals surface area (Å²) in [6.45, 7) is 7.08. The average Bonchev–Trinajstić information content (AvgIpc) is 3.34. The first-order valence-electron chi connectivity index (χ1n) is 12.0. The topological polar surface area (TPSA) is 144 Å². The quantitative estimate of drug-likeness (QED) is 0.289. The molecule has 0 atom stereocenters. The Bertz CT molecular complexity index is 1430. The van der Waals surface area contributed by atoms with Gasteiger partial charge in [0.15, 0.2) is 5.13 Å². The Morgan fingerprint density at radius 3 is 2.42 bits per heavy atom. The van der Waals surface area contributed by atoms with E-state index >= 15 is 0 Å². The molecule has 1 fully saturated rings. The molecule has 0 unspecified atom stereocenters. The largest absolute Gasteiger partial charge is 0.417 e. The van der Waals surface area contributed by atoms with Crippen molar-refractivity contribution in [1.82, 2.24) is 9.71 Å². The van der Waals surface area contributed by atoms with Crippen LogP contribution in [0.1, 0.15) is 40.0 Å². The summed E-state index contributed by atoms with van der Waals surface area (Å²) >= 11 is 1.43. The van der Waals surface area contributed by atoms with E-state index in [1.807, 2.05) is 0 Å². The summed E-state index contributed by atoms with van der Waals surface area (Å²) in [5, 5.41) is 14.2. The van der Waals surface area contributed by atoms with E-state index in [2.05, 4.69) is 19.9 Å². The van der Waals surface area contributed by atoms with Gasteiger partial charge in [0.2, 0.25) is 10.0 Å². The Balaban J connectivity index is 1.61. The molecule has 38 heavy (non-hydrogen) atoms. The fourth-order valence-corrected chi connectivity index (χ4v) is 6.73. The fraction of sp³-hybridized carbons (Fsp3) is 0.360. The van der Waals surface area contributed by atoms with Crippen LogP contribution in [0.25, 0.3) is 10.4 Å². The van der Waals surface area contributed by atoms with Gasteiger partial charge in [0.1, 0.15) is 5.75 Å². The zero-order valence-corrected chi connectivity index (χ0v) is 22.9.